The molecule has 0 unspecified atom stereocenters. The van der Waals surface area contributed by atoms with Gasteiger partial charge in [0.1, 0.15) is 11.9 Å². The number of rotatable bonds is 3. The molecule has 1 saturated carbocycles. The second-order valence-corrected chi connectivity index (χ2v) is 9.00. The number of benzene rings is 1. The molecule has 0 spiro atoms. The largest absolute Gasteiger partial charge is 0.341 e. The molecule has 0 bridgehead atoms. The lowest BCUT2D eigenvalue weighted by Crippen LogP contribution is -2.58. The van der Waals surface area contributed by atoms with Crippen LogP contribution in [0.2, 0.25) is 0 Å². The Labute approximate surface area is 154 Å². The lowest BCUT2D eigenvalue weighted by Gasteiger charge is -2.40. The van der Waals surface area contributed by atoms with Crippen molar-refractivity contribution in [2.45, 2.75) is 56.7 Å². The fraction of sp³-hybridized carbons (Fsp3) is 0.611. The summed E-state index contributed by atoms with van der Waals surface area (Å²) in [6, 6.07) is 4.57. The van der Waals surface area contributed by atoms with Crippen molar-refractivity contribution in [1.82, 2.24) is 13.9 Å². The molecular formula is C18H26FN3O3S. The third-order valence-corrected chi connectivity index (χ3v) is 7.19. The number of nitrogens with zero attached hydrogens (tertiary/aromatic N) is 2. The first-order valence-corrected chi connectivity index (χ1v) is 10.5. The van der Waals surface area contributed by atoms with E-state index in [1.165, 1.54) is 25.6 Å². The second kappa shape index (κ2) is 7.62. The Bertz CT molecular complexity index is 747. The molecular weight excluding hydrogens is 357 g/mol. The lowest BCUT2D eigenvalue weighted by atomic mass is 9.93. The van der Waals surface area contributed by atoms with Gasteiger partial charge < -0.3 is 4.90 Å². The fourth-order valence-electron chi connectivity index (χ4n) is 3.89. The first-order valence-electron chi connectivity index (χ1n) is 9.07. The van der Waals surface area contributed by atoms with Gasteiger partial charge in [-0.1, -0.05) is 31.4 Å². The van der Waals surface area contributed by atoms with Crippen molar-refractivity contribution in [3.05, 3.63) is 35.6 Å². The number of likely N-dealkylation sites (N-methyl/N-ethyl adjacent to an activating group) is 2. The Morgan fingerprint density at radius 3 is 2.42 bits per heavy atom. The molecule has 8 heteroatoms. The van der Waals surface area contributed by atoms with Crippen molar-refractivity contribution in [2.24, 2.45) is 0 Å². The Morgan fingerprint density at radius 1 is 1.19 bits per heavy atom. The molecule has 1 aromatic carbocycles. The molecule has 1 aromatic rings. The van der Waals surface area contributed by atoms with Gasteiger partial charge in [0.25, 0.3) is 10.2 Å². The summed E-state index contributed by atoms with van der Waals surface area (Å²) < 4.78 is 41.9. The molecule has 6 nitrogen and oxygen atoms in total. The van der Waals surface area contributed by atoms with Crippen LogP contribution in [0, 0.1) is 5.82 Å². The van der Waals surface area contributed by atoms with Crippen LogP contribution in [-0.4, -0.2) is 49.7 Å². The van der Waals surface area contributed by atoms with Gasteiger partial charge in [-0.3, -0.25) is 4.79 Å². The fourth-order valence-corrected chi connectivity index (χ4v) is 5.16. The third-order valence-electron chi connectivity index (χ3n) is 5.60. The maximum atomic E-state index is 13.2. The molecule has 144 valence electrons. The molecule has 0 radical (unpaired) electrons. The molecule has 1 N–H and O–H groups in total. The summed E-state index contributed by atoms with van der Waals surface area (Å²) in [5.41, 5.74) is 0.654. The summed E-state index contributed by atoms with van der Waals surface area (Å²) in [5.74, 6) is -0.550. The molecule has 3 rings (SSSR count). The molecule has 2 aliphatic rings. The third kappa shape index (κ3) is 3.92. The average molecular weight is 383 g/mol. The van der Waals surface area contributed by atoms with Crippen LogP contribution >= 0.6 is 0 Å². The van der Waals surface area contributed by atoms with Gasteiger partial charge in [-0.2, -0.15) is 17.4 Å². The Balaban J connectivity index is 1.82. The number of carbonyl (C=O) groups is 1. The topological polar surface area (TPSA) is 69.7 Å². The highest BCUT2D eigenvalue weighted by atomic mass is 32.2. The summed E-state index contributed by atoms with van der Waals surface area (Å²) in [6.45, 7) is 0. The van der Waals surface area contributed by atoms with Crippen LogP contribution in [0.4, 0.5) is 4.39 Å². The van der Waals surface area contributed by atoms with Gasteiger partial charge in [0.15, 0.2) is 0 Å². The first-order chi connectivity index (χ1) is 12.3. The van der Waals surface area contributed by atoms with Crippen LogP contribution in [0.5, 0.6) is 0 Å². The maximum Gasteiger partial charge on any atom is 0.280 e. The number of nitrogens with one attached hydrogen (secondary N) is 1. The van der Waals surface area contributed by atoms with E-state index in [0.29, 0.717) is 12.0 Å². The van der Waals surface area contributed by atoms with E-state index in [2.05, 4.69) is 4.72 Å². The Kier molecular flexibility index (Phi) is 5.64. The minimum atomic E-state index is -3.79. The SMILES string of the molecule is CN(C(=O)[C@H]1C[C@@H](c2ccc(F)cc2)NS(=O)(=O)N1C)C1CCCCC1. The van der Waals surface area contributed by atoms with Crippen LogP contribution in [0.15, 0.2) is 24.3 Å². The number of amides is 1. The highest BCUT2D eigenvalue weighted by Crippen LogP contribution is 2.30. The van der Waals surface area contributed by atoms with E-state index < -0.39 is 22.3 Å². The maximum absolute atomic E-state index is 13.2. The van der Waals surface area contributed by atoms with E-state index in [1.54, 1.807) is 24.1 Å². The van der Waals surface area contributed by atoms with Crippen LogP contribution in [0.25, 0.3) is 0 Å². The number of carbonyl (C=O) groups excluding carboxylic acids is 1. The van der Waals surface area contributed by atoms with E-state index in [0.717, 1.165) is 30.0 Å². The van der Waals surface area contributed by atoms with Gasteiger partial charge >= 0.3 is 0 Å². The predicted octanol–water partition coefficient (Wildman–Crippen LogP) is 2.20. The highest BCUT2D eigenvalue weighted by Gasteiger charge is 2.42. The van der Waals surface area contributed by atoms with Crippen LogP contribution in [0.1, 0.15) is 50.1 Å². The quantitative estimate of drug-likeness (QED) is 0.870. The van der Waals surface area contributed by atoms with Crippen LogP contribution < -0.4 is 4.72 Å². The minimum absolute atomic E-state index is 0.170. The van der Waals surface area contributed by atoms with E-state index >= 15 is 0 Å². The second-order valence-electron chi connectivity index (χ2n) is 7.24. The van der Waals surface area contributed by atoms with E-state index in [4.69, 9.17) is 0 Å². The van der Waals surface area contributed by atoms with Crippen LogP contribution in [-0.2, 0) is 15.0 Å². The Hall–Kier alpha value is -1.51. The monoisotopic (exact) mass is 383 g/mol. The van der Waals surface area contributed by atoms with E-state index in [1.807, 2.05) is 0 Å². The number of hydrogen-bond acceptors (Lipinski definition) is 3. The smallest absolute Gasteiger partial charge is 0.280 e. The molecule has 1 amide bonds. The van der Waals surface area contributed by atoms with Crippen molar-refractivity contribution >= 4 is 16.1 Å². The predicted molar refractivity (Wildman–Crippen MR) is 97.0 cm³/mol. The normalized spacial score (nSPS) is 27.2. The van der Waals surface area contributed by atoms with Crippen molar-refractivity contribution in [2.75, 3.05) is 14.1 Å². The Morgan fingerprint density at radius 2 is 1.81 bits per heavy atom. The van der Waals surface area contributed by atoms with Crippen molar-refractivity contribution in [3.8, 4) is 0 Å². The van der Waals surface area contributed by atoms with Gasteiger partial charge in [0.05, 0.1) is 0 Å². The summed E-state index contributed by atoms with van der Waals surface area (Å²) in [4.78, 5) is 14.8. The van der Waals surface area contributed by atoms with Gasteiger partial charge in [0, 0.05) is 26.2 Å². The summed E-state index contributed by atoms with van der Waals surface area (Å²) in [5, 5.41) is 0. The summed E-state index contributed by atoms with van der Waals surface area (Å²) in [7, 11) is -0.583. The van der Waals surface area contributed by atoms with E-state index in [9.17, 15) is 17.6 Å². The number of halogens is 1. The standard InChI is InChI=1S/C18H26FN3O3S/c1-21(15-6-4-3-5-7-15)18(23)17-12-16(20-26(24,25)22(17)2)13-8-10-14(19)11-9-13/h8-11,15-17,20H,3-7,12H2,1-2H3/t16-,17+/m0/s1. The van der Waals surface area contributed by atoms with Crippen LogP contribution in [0.3, 0.4) is 0 Å². The summed E-state index contributed by atoms with van der Waals surface area (Å²) in [6.07, 6.45) is 5.63. The van der Waals surface area contributed by atoms with Gasteiger partial charge in [0.2, 0.25) is 5.91 Å². The average Bonchev–Trinajstić information content (AvgIpc) is 2.64. The zero-order valence-electron chi connectivity index (χ0n) is 15.2. The minimum Gasteiger partial charge on any atom is -0.341 e. The molecule has 1 aliphatic heterocycles. The lowest BCUT2D eigenvalue weighted by molar-refractivity contribution is -0.137. The molecule has 2 atom stereocenters. The van der Waals surface area contributed by atoms with Gasteiger partial charge in [-0.15, -0.1) is 0 Å². The van der Waals surface area contributed by atoms with Gasteiger partial charge in [-0.25, -0.2) is 4.39 Å². The van der Waals surface area contributed by atoms with Gasteiger partial charge in [-0.05, 0) is 37.0 Å². The number of hydrogen-bond donors (Lipinski definition) is 1. The van der Waals surface area contributed by atoms with E-state index in [-0.39, 0.29) is 17.8 Å². The molecule has 1 aliphatic carbocycles. The molecule has 0 aromatic heterocycles. The highest BCUT2D eigenvalue weighted by molar-refractivity contribution is 7.87. The zero-order chi connectivity index (χ0) is 18.9. The van der Waals surface area contributed by atoms with Crippen molar-refractivity contribution in [3.63, 3.8) is 0 Å². The first kappa shape index (κ1) is 19.3. The molecule has 26 heavy (non-hydrogen) atoms. The van der Waals surface area contributed by atoms with Crippen molar-refractivity contribution in [1.29, 1.82) is 0 Å². The van der Waals surface area contributed by atoms with Crippen molar-refractivity contribution < 1.29 is 17.6 Å². The molecule has 2 fully saturated rings. The summed E-state index contributed by atoms with van der Waals surface area (Å²) >= 11 is 0. The molecule has 1 saturated heterocycles. The zero-order valence-corrected chi connectivity index (χ0v) is 16.0. The molecule has 1 heterocycles.